The monoisotopic (exact) mass is 382 g/mol. The van der Waals surface area contributed by atoms with Crippen molar-refractivity contribution in [2.24, 2.45) is 0 Å². The highest BCUT2D eigenvalue weighted by Crippen LogP contribution is 2.17. The second-order valence-corrected chi connectivity index (χ2v) is 5.86. The first kappa shape index (κ1) is 15.9. The van der Waals surface area contributed by atoms with E-state index in [1.54, 1.807) is 28.8 Å². The van der Waals surface area contributed by atoms with E-state index in [-0.39, 0.29) is 29.3 Å². The van der Waals surface area contributed by atoms with E-state index in [4.69, 9.17) is 17.0 Å². The van der Waals surface area contributed by atoms with Crippen LogP contribution < -0.4 is 4.80 Å². The van der Waals surface area contributed by atoms with Crippen LogP contribution in [0.15, 0.2) is 48.5 Å². The molecule has 0 amide bonds. The summed E-state index contributed by atoms with van der Waals surface area (Å²) in [6.45, 7) is 0.156. The van der Waals surface area contributed by atoms with Gasteiger partial charge < -0.3 is 4.57 Å². The molecule has 2 aromatic carbocycles. The Kier molecular flexibility index (Phi) is 4.98. The molecular weight excluding hydrogens is 372 g/mol. The number of rotatable bonds is 3. The van der Waals surface area contributed by atoms with Crippen LogP contribution >= 0.6 is 39.9 Å². The first-order valence-corrected chi connectivity index (χ1v) is 7.26. The lowest BCUT2D eigenvalue weighted by Crippen LogP contribution is -2.19. The SMILES string of the molecule is Br.N=c1sc2ccccc2n1CC(=O)c1cccc(Cl)c1. The van der Waals surface area contributed by atoms with Gasteiger partial charge in [-0.2, -0.15) is 0 Å². The van der Waals surface area contributed by atoms with Gasteiger partial charge in [-0.25, -0.2) is 0 Å². The van der Waals surface area contributed by atoms with Crippen LogP contribution in [0.2, 0.25) is 5.02 Å². The average Bonchev–Trinajstić information content (AvgIpc) is 2.75. The number of Topliss-reactive ketones (excluding diaryl/α,β-unsaturated/α-hetero) is 1. The van der Waals surface area contributed by atoms with Gasteiger partial charge >= 0.3 is 0 Å². The molecule has 0 aliphatic rings. The maximum absolute atomic E-state index is 12.3. The minimum absolute atomic E-state index is 0. The van der Waals surface area contributed by atoms with E-state index >= 15 is 0 Å². The maximum atomic E-state index is 12.3. The molecule has 1 N–H and O–H groups in total. The number of fused-ring (bicyclic) bond motifs is 1. The second-order valence-electron chi connectivity index (χ2n) is 4.39. The van der Waals surface area contributed by atoms with Gasteiger partial charge in [-0.3, -0.25) is 10.2 Å². The van der Waals surface area contributed by atoms with E-state index in [1.165, 1.54) is 11.3 Å². The number of halogens is 2. The van der Waals surface area contributed by atoms with Gasteiger partial charge in [0.15, 0.2) is 10.6 Å². The zero-order valence-electron chi connectivity index (χ0n) is 10.9. The fraction of sp³-hybridized carbons (Fsp3) is 0.0667. The zero-order chi connectivity index (χ0) is 14.1. The Balaban J connectivity index is 0.00000161. The molecule has 0 unspecified atom stereocenters. The molecule has 0 bridgehead atoms. The number of carbonyl (C=O) groups excluding carboxylic acids is 1. The molecule has 6 heteroatoms. The summed E-state index contributed by atoms with van der Waals surface area (Å²) in [6.07, 6.45) is 0. The predicted octanol–water partition coefficient (Wildman–Crippen LogP) is 4.30. The Morgan fingerprint density at radius 3 is 2.71 bits per heavy atom. The van der Waals surface area contributed by atoms with Gasteiger partial charge in [0, 0.05) is 10.6 Å². The molecule has 1 aromatic heterocycles. The number of ketones is 1. The lowest BCUT2D eigenvalue weighted by atomic mass is 10.1. The molecule has 0 atom stereocenters. The number of benzene rings is 2. The minimum atomic E-state index is -0.0467. The summed E-state index contributed by atoms with van der Waals surface area (Å²) in [4.78, 5) is 12.7. The highest BCUT2D eigenvalue weighted by Gasteiger charge is 2.11. The molecule has 0 aliphatic heterocycles. The van der Waals surface area contributed by atoms with Gasteiger partial charge in [0.05, 0.1) is 16.8 Å². The largest absolute Gasteiger partial charge is 0.309 e. The van der Waals surface area contributed by atoms with Crippen molar-refractivity contribution >= 4 is 55.9 Å². The molecule has 3 aromatic rings. The quantitative estimate of drug-likeness (QED) is 0.674. The number of carbonyl (C=O) groups is 1. The summed E-state index contributed by atoms with van der Waals surface area (Å²) in [5.74, 6) is -0.0467. The topological polar surface area (TPSA) is 45.9 Å². The van der Waals surface area contributed by atoms with Gasteiger partial charge in [0.25, 0.3) is 0 Å². The summed E-state index contributed by atoms with van der Waals surface area (Å²) in [5, 5.41) is 8.54. The molecule has 21 heavy (non-hydrogen) atoms. The third kappa shape index (κ3) is 3.26. The molecule has 0 fully saturated rings. The minimum Gasteiger partial charge on any atom is -0.309 e. The molecule has 0 aliphatic carbocycles. The highest BCUT2D eigenvalue weighted by atomic mass is 79.9. The van der Waals surface area contributed by atoms with Crippen LogP contribution in [0.5, 0.6) is 0 Å². The molecule has 1 heterocycles. The smallest absolute Gasteiger partial charge is 0.183 e. The van der Waals surface area contributed by atoms with Gasteiger partial charge in [-0.1, -0.05) is 47.2 Å². The Labute approximate surface area is 141 Å². The highest BCUT2D eigenvalue weighted by molar-refractivity contribution is 8.93. The number of nitrogens with zero attached hydrogens (tertiary/aromatic N) is 1. The lowest BCUT2D eigenvalue weighted by Gasteiger charge is -2.04. The van der Waals surface area contributed by atoms with Crippen molar-refractivity contribution in [2.45, 2.75) is 6.54 Å². The molecule has 3 rings (SSSR count). The third-order valence-corrected chi connectivity index (χ3v) is 4.27. The van der Waals surface area contributed by atoms with E-state index in [0.717, 1.165) is 10.2 Å². The zero-order valence-corrected chi connectivity index (χ0v) is 14.2. The summed E-state index contributed by atoms with van der Waals surface area (Å²) in [5.41, 5.74) is 1.48. The number of thiazole rings is 1. The molecule has 0 saturated carbocycles. The molecule has 3 nitrogen and oxygen atoms in total. The van der Waals surface area contributed by atoms with Crippen LogP contribution in [0.4, 0.5) is 0 Å². The fourth-order valence-electron chi connectivity index (χ4n) is 2.09. The van der Waals surface area contributed by atoms with Crippen molar-refractivity contribution in [3.8, 4) is 0 Å². The van der Waals surface area contributed by atoms with Crippen molar-refractivity contribution in [1.82, 2.24) is 4.57 Å². The van der Waals surface area contributed by atoms with Gasteiger partial charge in [0.1, 0.15) is 0 Å². The van der Waals surface area contributed by atoms with Crippen molar-refractivity contribution in [3.63, 3.8) is 0 Å². The Morgan fingerprint density at radius 1 is 1.19 bits per heavy atom. The normalized spacial score (nSPS) is 10.3. The van der Waals surface area contributed by atoms with Crippen LogP contribution in [0, 0.1) is 5.41 Å². The maximum Gasteiger partial charge on any atom is 0.183 e. The van der Waals surface area contributed by atoms with E-state index in [2.05, 4.69) is 0 Å². The average molecular weight is 384 g/mol. The van der Waals surface area contributed by atoms with E-state index in [1.807, 2.05) is 24.3 Å². The molecule has 0 saturated heterocycles. The van der Waals surface area contributed by atoms with Crippen LogP contribution in [0.3, 0.4) is 0 Å². The summed E-state index contributed by atoms with van der Waals surface area (Å²) in [6, 6.07) is 14.6. The Bertz CT molecular complexity index is 856. The third-order valence-electron chi connectivity index (χ3n) is 3.06. The van der Waals surface area contributed by atoms with Crippen LogP contribution in [-0.2, 0) is 6.54 Å². The molecule has 0 spiro atoms. The Hall–Kier alpha value is -1.43. The van der Waals surface area contributed by atoms with Crippen molar-refractivity contribution in [2.75, 3.05) is 0 Å². The van der Waals surface area contributed by atoms with Gasteiger partial charge in [-0.15, -0.1) is 17.0 Å². The number of hydrogen-bond acceptors (Lipinski definition) is 3. The lowest BCUT2D eigenvalue weighted by molar-refractivity contribution is 0.0972. The van der Waals surface area contributed by atoms with Gasteiger partial charge in [0.2, 0.25) is 0 Å². The van der Waals surface area contributed by atoms with E-state index in [0.29, 0.717) is 15.4 Å². The summed E-state index contributed by atoms with van der Waals surface area (Å²) < 4.78 is 2.74. The van der Waals surface area contributed by atoms with Crippen LogP contribution in [0.25, 0.3) is 10.2 Å². The fourth-order valence-corrected chi connectivity index (χ4v) is 3.19. The molecular formula is C15H12BrClN2OS. The predicted molar refractivity (Wildman–Crippen MR) is 91.8 cm³/mol. The van der Waals surface area contributed by atoms with Crippen LogP contribution in [-0.4, -0.2) is 10.4 Å². The summed E-state index contributed by atoms with van der Waals surface area (Å²) in [7, 11) is 0. The standard InChI is InChI=1S/C15H11ClN2OS.BrH/c16-11-5-3-4-10(8-11)13(19)9-18-12-6-1-2-7-14(12)20-15(18)17;/h1-8,17H,9H2;1H. The van der Waals surface area contributed by atoms with Crippen LogP contribution in [0.1, 0.15) is 10.4 Å². The first-order chi connectivity index (χ1) is 9.65. The van der Waals surface area contributed by atoms with Crippen molar-refractivity contribution in [1.29, 1.82) is 5.41 Å². The number of nitrogens with one attached hydrogen (secondary N) is 1. The Morgan fingerprint density at radius 2 is 1.95 bits per heavy atom. The number of para-hydroxylation sites is 1. The number of aromatic nitrogens is 1. The second kappa shape index (κ2) is 6.56. The van der Waals surface area contributed by atoms with E-state index < -0.39 is 0 Å². The van der Waals surface area contributed by atoms with Crippen molar-refractivity contribution < 1.29 is 4.79 Å². The van der Waals surface area contributed by atoms with E-state index in [9.17, 15) is 4.79 Å². The molecule has 108 valence electrons. The van der Waals surface area contributed by atoms with Crippen molar-refractivity contribution in [3.05, 3.63) is 63.9 Å². The molecule has 0 radical (unpaired) electrons. The van der Waals surface area contributed by atoms with Gasteiger partial charge in [-0.05, 0) is 24.3 Å². The first-order valence-electron chi connectivity index (χ1n) is 6.07. The summed E-state index contributed by atoms with van der Waals surface area (Å²) >= 11 is 7.27. The number of hydrogen-bond donors (Lipinski definition) is 1.